The molecule has 0 N–H and O–H groups in total. The second-order valence-corrected chi connectivity index (χ2v) is 5.07. The highest BCUT2D eigenvalue weighted by Crippen LogP contribution is 2.20. The lowest BCUT2D eigenvalue weighted by Crippen LogP contribution is -2.37. The SMILES string of the molecule is CCCN(CC(=O)OC)C(=O)c1cccc(Br)c1C. The predicted octanol–water partition coefficient (Wildman–Crippen LogP) is 2.78. The quantitative estimate of drug-likeness (QED) is 0.781. The molecule has 1 rings (SSSR count). The van der Waals surface area contributed by atoms with Gasteiger partial charge in [-0.15, -0.1) is 0 Å². The first-order valence-corrected chi connectivity index (χ1v) is 6.91. The van der Waals surface area contributed by atoms with Crippen LogP contribution >= 0.6 is 15.9 Å². The molecule has 0 bridgehead atoms. The molecule has 0 aliphatic heterocycles. The molecule has 0 saturated carbocycles. The minimum atomic E-state index is -0.408. The van der Waals surface area contributed by atoms with Crippen LogP contribution in [0.2, 0.25) is 0 Å². The van der Waals surface area contributed by atoms with Crippen molar-refractivity contribution in [3.63, 3.8) is 0 Å². The van der Waals surface area contributed by atoms with Crippen LogP contribution < -0.4 is 0 Å². The smallest absolute Gasteiger partial charge is 0.325 e. The lowest BCUT2D eigenvalue weighted by atomic mass is 10.1. The first kappa shape index (κ1) is 15.7. The number of ether oxygens (including phenoxy) is 1. The summed E-state index contributed by atoms with van der Waals surface area (Å²) < 4.78 is 5.51. The third-order valence-corrected chi connectivity index (χ3v) is 3.69. The van der Waals surface area contributed by atoms with E-state index in [1.165, 1.54) is 12.0 Å². The number of halogens is 1. The molecule has 0 spiro atoms. The van der Waals surface area contributed by atoms with Crippen LogP contribution in [0.1, 0.15) is 29.3 Å². The zero-order chi connectivity index (χ0) is 14.4. The van der Waals surface area contributed by atoms with Gasteiger partial charge in [0, 0.05) is 16.6 Å². The number of methoxy groups -OCH3 is 1. The van der Waals surface area contributed by atoms with Crippen molar-refractivity contribution < 1.29 is 14.3 Å². The molecule has 1 aromatic carbocycles. The van der Waals surface area contributed by atoms with Crippen LogP contribution in [-0.4, -0.2) is 37.0 Å². The van der Waals surface area contributed by atoms with E-state index in [2.05, 4.69) is 20.7 Å². The monoisotopic (exact) mass is 327 g/mol. The number of esters is 1. The second kappa shape index (κ2) is 7.28. The average molecular weight is 328 g/mol. The van der Waals surface area contributed by atoms with Crippen molar-refractivity contribution in [3.8, 4) is 0 Å². The summed E-state index contributed by atoms with van der Waals surface area (Å²) >= 11 is 3.40. The summed E-state index contributed by atoms with van der Waals surface area (Å²) in [6, 6.07) is 5.46. The Balaban J connectivity index is 2.98. The van der Waals surface area contributed by atoms with Crippen LogP contribution in [0.3, 0.4) is 0 Å². The molecule has 0 fully saturated rings. The standard InChI is InChI=1S/C14H18BrNO3/c1-4-8-16(9-13(17)19-3)14(18)11-6-5-7-12(15)10(11)2/h5-7H,4,8-9H2,1-3H3. The molecule has 5 heteroatoms. The van der Waals surface area contributed by atoms with E-state index >= 15 is 0 Å². The van der Waals surface area contributed by atoms with Crippen molar-refractivity contribution in [1.82, 2.24) is 4.90 Å². The van der Waals surface area contributed by atoms with Crippen molar-refractivity contribution in [2.75, 3.05) is 20.2 Å². The van der Waals surface area contributed by atoms with E-state index in [0.717, 1.165) is 16.5 Å². The second-order valence-electron chi connectivity index (χ2n) is 4.22. The van der Waals surface area contributed by atoms with Gasteiger partial charge < -0.3 is 9.64 Å². The van der Waals surface area contributed by atoms with E-state index in [1.54, 1.807) is 6.07 Å². The zero-order valence-electron chi connectivity index (χ0n) is 11.4. The predicted molar refractivity (Wildman–Crippen MR) is 77.1 cm³/mol. The summed E-state index contributed by atoms with van der Waals surface area (Å²) in [6.45, 7) is 4.35. The van der Waals surface area contributed by atoms with Gasteiger partial charge in [0.25, 0.3) is 5.91 Å². The Morgan fingerprint density at radius 3 is 2.63 bits per heavy atom. The van der Waals surface area contributed by atoms with E-state index in [0.29, 0.717) is 12.1 Å². The summed E-state index contributed by atoms with van der Waals surface area (Å²) in [4.78, 5) is 25.3. The van der Waals surface area contributed by atoms with Gasteiger partial charge in [-0.3, -0.25) is 9.59 Å². The number of carbonyl (C=O) groups is 2. The van der Waals surface area contributed by atoms with Crippen LogP contribution in [0.4, 0.5) is 0 Å². The largest absolute Gasteiger partial charge is 0.468 e. The van der Waals surface area contributed by atoms with Crippen molar-refractivity contribution >= 4 is 27.8 Å². The summed E-state index contributed by atoms with van der Waals surface area (Å²) in [5, 5.41) is 0. The maximum atomic E-state index is 12.5. The third kappa shape index (κ3) is 4.06. The molecular weight excluding hydrogens is 310 g/mol. The van der Waals surface area contributed by atoms with E-state index in [-0.39, 0.29) is 12.5 Å². The van der Waals surface area contributed by atoms with Crippen molar-refractivity contribution in [2.45, 2.75) is 20.3 Å². The average Bonchev–Trinajstić information content (AvgIpc) is 2.40. The van der Waals surface area contributed by atoms with Gasteiger partial charge in [0.2, 0.25) is 0 Å². The fraction of sp³-hybridized carbons (Fsp3) is 0.429. The Morgan fingerprint density at radius 2 is 2.05 bits per heavy atom. The highest BCUT2D eigenvalue weighted by Gasteiger charge is 2.20. The first-order valence-electron chi connectivity index (χ1n) is 6.12. The van der Waals surface area contributed by atoms with Crippen LogP contribution in [-0.2, 0) is 9.53 Å². The number of benzene rings is 1. The van der Waals surface area contributed by atoms with Gasteiger partial charge in [0.15, 0.2) is 0 Å². The van der Waals surface area contributed by atoms with Gasteiger partial charge in [0.05, 0.1) is 7.11 Å². The molecule has 0 atom stereocenters. The molecule has 0 saturated heterocycles. The van der Waals surface area contributed by atoms with Gasteiger partial charge in [-0.25, -0.2) is 0 Å². The number of hydrogen-bond donors (Lipinski definition) is 0. The van der Waals surface area contributed by atoms with E-state index in [4.69, 9.17) is 0 Å². The molecule has 4 nitrogen and oxygen atoms in total. The molecule has 104 valence electrons. The zero-order valence-corrected chi connectivity index (χ0v) is 13.0. The van der Waals surface area contributed by atoms with Crippen molar-refractivity contribution in [3.05, 3.63) is 33.8 Å². The van der Waals surface area contributed by atoms with Gasteiger partial charge >= 0.3 is 5.97 Å². The maximum Gasteiger partial charge on any atom is 0.325 e. The highest BCUT2D eigenvalue weighted by molar-refractivity contribution is 9.10. The Hall–Kier alpha value is -1.36. The number of carbonyl (C=O) groups excluding carboxylic acids is 2. The Labute approximate surface area is 121 Å². The minimum Gasteiger partial charge on any atom is -0.468 e. The summed E-state index contributed by atoms with van der Waals surface area (Å²) in [7, 11) is 1.32. The molecular formula is C14H18BrNO3. The van der Waals surface area contributed by atoms with Gasteiger partial charge in [-0.1, -0.05) is 28.9 Å². The summed E-state index contributed by atoms with van der Waals surface area (Å²) in [5.74, 6) is -0.555. The van der Waals surface area contributed by atoms with Crippen molar-refractivity contribution in [2.24, 2.45) is 0 Å². The molecule has 1 aromatic rings. The number of nitrogens with zero attached hydrogens (tertiary/aromatic N) is 1. The fourth-order valence-electron chi connectivity index (χ4n) is 1.75. The molecule has 19 heavy (non-hydrogen) atoms. The summed E-state index contributed by atoms with van der Waals surface area (Å²) in [5.41, 5.74) is 1.48. The summed E-state index contributed by atoms with van der Waals surface area (Å²) in [6.07, 6.45) is 0.787. The lowest BCUT2D eigenvalue weighted by Gasteiger charge is -2.22. The van der Waals surface area contributed by atoms with Crippen molar-refractivity contribution in [1.29, 1.82) is 0 Å². The van der Waals surface area contributed by atoms with Gasteiger partial charge in [-0.2, -0.15) is 0 Å². The first-order chi connectivity index (χ1) is 9.01. The van der Waals surface area contributed by atoms with E-state index in [9.17, 15) is 9.59 Å². The highest BCUT2D eigenvalue weighted by atomic mass is 79.9. The van der Waals surface area contributed by atoms with E-state index in [1.807, 2.05) is 26.0 Å². The topological polar surface area (TPSA) is 46.6 Å². The number of hydrogen-bond acceptors (Lipinski definition) is 3. The minimum absolute atomic E-state index is 0.0187. The third-order valence-electron chi connectivity index (χ3n) is 2.83. The van der Waals surface area contributed by atoms with Crippen LogP contribution in [0.25, 0.3) is 0 Å². The van der Waals surface area contributed by atoms with Gasteiger partial charge in [-0.05, 0) is 31.0 Å². The molecule has 1 amide bonds. The molecule has 0 heterocycles. The molecule has 0 unspecified atom stereocenters. The molecule has 0 radical (unpaired) electrons. The van der Waals surface area contributed by atoms with Crippen LogP contribution in [0.5, 0.6) is 0 Å². The Morgan fingerprint density at radius 1 is 1.37 bits per heavy atom. The number of amides is 1. The van der Waals surface area contributed by atoms with Crippen LogP contribution in [0.15, 0.2) is 22.7 Å². The van der Waals surface area contributed by atoms with Gasteiger partial charge in [0.1, 0.15) is 6.54 Å². The normalized spacial score (nSPS) is 10.1. The maximum absolute atomic E-state index is 12.5. The molecule has 0 aliphatic carbocycles. The fourth-order valence-corrected chi connectivity index (χ4v) is 2.12. The Bertz CT molecular complexity index is 474. The van der Waals surface area contributed by atoms with Crippen LogP contribution in [0, 0.1) is 6.92 Å². The Kier molecular flexibility index (Phi) is 6.02. The lowest BCUT2D eigenvalue weighted by molar-refractivity contribution is -0.141. The van der Waals surface area contributed by atoms with E-state index < -0.39 is 5.97 Å². The number of rotatable bonds is 5. The molecule has 0 aromatic heterocycles. The molecule has 0 aliphatic rings.